The molecular weight excluding hydrogens is 395 g/mol. The molecule has 0 spiro atoms. The van der Waals surface area contributed by atoms with E-state index in [9.17, 15) is 9.18 Å². The standard InChI is InChI=1S/C22H18ClFN2O3/c1-28-21-12-15(13-25-26-22(27)16-7-9-18(23)10-8-16)6-11-20(21)29-14-17-4-2-3-5-19(17)24/h2-13H,14H2,1H3,(H,26,27)/b25-13+. The third kappa shape index (κ3) is 5.56. The minimum absolute atomic E-state index is 0.0770. The number of hydrogen-bond acceptors (Lipinski definition) is 4. The van der Waals surface area contributed by atoms with E-state index in [-0.39, 0.29) is 18.3 Å². The highest BCUT2D eigenvalue weighted by molar-refractivity contribution is 6.30. The predicted molar refractivity (Wildman–Crippen MR) is 110 cm³/mol. The number of halogens is 2. The van der Waals surface area contributed by atoms with Crippen LogP contribution in [0, 0.1) is 5.82 Å². The molecule has 0 aliphatic heterocycles. The SMILES string of the molecule is COc1cc(/C=N/NC(=O)c2ccc(Cl)cc2)ccc1OCc1ccccc1F. The molecule has 0 unspecified atom stereocenters. The molecule has 0 aliphatic rings. The van der Waals surface area contributed by atoms with Crippen molar-refractivity contribution >= 4 is 23.7 Å². The molecule has 1 N–H and O–H groups in total. The van der Waals surface area contributed by atoms with Gasteiger partial charge in [-0.2, -0.15) is 5.10 Å². The van der Waals surface area contributed by atoms with Crippen LogP contribution in [0.15, 0.2) is 71.8 Å². The highest BCUT2D eigenvalue weighted by Crippen LogP contribution is 2.28. The summed E-state index contributed by atoms with van der Waals surface area (Å²) in [6, 6.07) is 18.0. The van der Waals surface area contributed by atoms with Gasteiger partial charge in [0.1, 0.15) is 12.4 Å². The van der Waals surface area contributed by atoms with E-state index in [1.54, 1.807) is 60.7 Å². The molecule has 0 saturated heterocycles. The smallest absolute Gasteiger partial charge is 0.271 e. The van der Waals surface area contributed by atoms with Crippen LogP contribution in [0.25, 0.3) is 0 Å². The molecule has 0 fully saturated rings. The van der Waals surface area contributed by atoms with Crippen molar-refractivity contribution in [2.24, 2.45) is 5.10 Å². The maximum atomic E-state index is 13.7. The van der Waals surface area contributed by atoms with Crippen LogP contribution >= 0.6 is 11.6 Å². The highest BCUT2D eigenvalue weighted by Gasteiger charge is 2.08. The summed E-state index contributed by atoms with van der Waals surface area (Å²) in [7, 11) is 1.51. The monoisotopic (exact) mass is 412 g/mol. The molecule has 3 aromatic rings. The van der Waals surface area contributed by atoms with Crippen LogP contribution in [-0.4, -0.2) is 19.2 Å². The molecule has 148 valence electrons. The number of carbonyl (C=O) groups excluding carboxylic acids is 1. The van der Waals surface area contributed by atoms with E-state index < -0.39 is 0 Å². The number of methoxy groups -OCH3 is 1. The Hall–Kier alpha value is -3.38. The van der Waals surface area contributed by atoms with Crippen molar-refractivity contribution in [3.63, 3.8) is 0 Å². The lowest BCUT2D eigenvalue weighted by Crippen LogP contribution is -2.17. The molecule has 5 nitrogen and oxygen atoms in total. The Morgan fingerprint density at radius 3 is 2.59 bits per heavy atom. The van der Waals surface area contributed by atoms with Gasteiger partial charge in [0.15, 0.2) is 11.5 Å². The van der Waals surface area contributed by atoms with Gasteiger partial charge in [-0.05, 0) is 54.1 Å². The number of hydrazone groups is 1. The van der Waals surface area contributed by atoms with Gasteiger partial charge in [0.2, 0.25) is 0 Å². The van der Waals surface area contributed by atoms with Crippen molar-refractivity contribution in [1.82, 2.24) is 5.43 Å². The molecule has 0 radical (unpaired) electrons. The molecule has 0 aromatic heterocycles. The lowest BCUT2D eigenvalue weighted by atomic mass is 10.2. The number of benzene rings is 3. The number of carbonyl (C=O) groups is 1. The van der Waals surface area contributed by atoms with Gasteiger partial charge in [-0.25, -0.2) is 9.82 Å². The topological polar surface area (TPSA) is 59.9 Å². The van der Waals surface area contributed by atoms with Crippen LogP contribution in [-0.2, 0) is 6.61 Å². The summed E-state index contributed by atoms with van der Waals surface area (Å²) in [4.78, 5) is 12.0. The molecule has 0 aliphatic carbocycles. The maximum absolute atomic E-state index is 13.7. The van der Waals surface area contributed by atoms with E-state index in [1.807, 2.05) is 0 Å². The summed E-state index contributed by atoms with van der Waals surface area (Å²) in [5, 5.41) is 4.50. The Bertz CT molecular complexity index is 1020. The fourth-order valence-electron chi connectivity index (χ4n) is 2.49. The predicted octanol–water partition coefficient (Wildman–Crippen LogP) is 4.83. The summed E-state index contributed by atoms with van der Waals surface area (Å²) >= 11 is 5.81. The summed E-state index contributed by atoms with van der Waals surface area (Å²) in [5.74, 6) is 0.258. The number of hydrogen-bond donors (Lipinski definition) is 1. The van der Waals surface area contributed by atoms with Crippen LogP contribution in [0.4, 0.5) is 4.39 Å². The lowest BCUT2D eigenvalue weighted by molar-refractivity contribution is 0.0955. The van der Waals surface area contributed by atoms with E-state index in [0.717, 1.165) is 0 Å². The van der Waals surface area contributed by atoms with Crippen LogP contribution in [0.1, 0.15) is 21.5 Å². The largest absolute Gasteiger partial charge is 0.493 e. The van der Waals surface area contributed by atoms with Gasteiger partial charge in [0, 0.05) is 16.1 Å². The van der Waals surface area contributed by atoms with E-state index in [4.69, 9.17) is 21.1 Å². The first-order valence-electron chi connectivity index (χ1n) is 8.70. The minimum Gasteiger partial charge on any atom is -0.493 e. The Balaban J connectivity index is 1.63. The maximum Gasteiger partial charge on any atom is 0.271 e. The molecule has 3 rings (SSSR count). The third-order valence-electron chi connectivity index (χ3n) is 4.01. The molecule has 7 heteroatoms. The van der Waals surface area contributed by atoms with Crippen LogP contribution in [0.5, 0.6) is 11.5 Å². The minimum atomic E-state index is -0.352. The van der Waals surface area contributed by atoms with E-state index in [2.05, 4.69) is 10.5 Å². The molecule has 1 amide bonds. The second-order valence-corrected chi connectivity index (χ2v) is 6.43. The number of nitrogens with one attached hydrogen (secondary N) is 1. The number of amides is 1. The summed E-state index contributed by atoms with van der Waals surface area (Å²) in [5.41, 5.74) is 4.03. The lowest BCUT2D eigenvalue weighted by Gasteiger charge is -2.11. The van der Waals surface area contributed by atoms with Gasteiger partial charge >= 0.3 is 0 Å². The average Bonchev–Trinajstić information content (AvgIpc) is 2.74. The van der Waals surface area contributed by atoms with E-state index >= 15 is 0 Å². The zero-order valence-electron chi connectivity index (χ0n) is 15.6. The van der Waals surface area contributed by atoms with Crippen LogP contribution in [0.2, 0.25) is 5.02 Å². The quantitative estimate of drug-likeness (QED) is 0.446. The second kappa shape index (κ2) is 9.71. The molecular formula is C22H18ClFN2O3. The first-order valence-corrected chi connectivity index (χ1v) is 9.08. The first kappa shape index (κ1) is 20.4. The van der Waals surface area contributed by atoms with Gasteiger partial charge in [0.25, 0.3) is 5.91 Å². The van der Waals surface area contributed by atoms with E-state index in [1.165, 1.54) is 19.4 Å². The number of nitrogens with zero attached hydrogens (tertiary/aromatic N) is 1. The normalized spacial score (nSPS) is 10.7. The molecule has 0 saturated carbocycles. The Morgan fingerprint density at radius 1 is 1.10 bits per heavy atom. The molecule has 0 bridgehead atoms. The number of ether oxygens (including phenoxy) is 2. The van der Waals surface area contributed by atoms with Gasteiger partial charge < -0.3 is 9.47 Å². The highest BCUT2D eigenvalue weighted by atomic mass is 35.5. The van der Waals surface area contributed by atoms with Gasteiger partial charge in [0.05, 0.1) is 13.3 Å². The molecule has 0 atom stereocenters. The van der Waals surface area contributed by atoms with Crippen molar-refractivity contribution in [3.05, 3.63) is 94.3 Å². The zero-order valence-corrected chi connectivity index (χ0v) is 16.3. The van der Waals surface area contributed by atoms with Crippen LogP contribution < -0.4 is 14.9 Å². The fourth-order valence-corrected chi connectivity index (χ4v) is 2.61. The molecule has 29 heavy (non-hydrogen) atoms. The Kier molecular flexibility index (Phi) is 6.81. The van der Waals surface area contributed by atoms with Crippen molar-refractivity contribution in [2.75, 3.05) is 7.11 Å². The van der Waals surface area contributed by atoms with Gasteiger partial charge in [-0.3, -0.25) is 4.79 Å². The van der Waals surface area contributed by atoms with Crippen molar-refractivity contribution in [2.45, 2.75) is 6.61 Å². The summed E-state index contributed by atoms with van der Waals surface area (Å²) in [6.07, 6.45) is 1.48. The fraction of sp³-hybridized carbons (Fsp3) is 0.0909. The van der Waals surface area contributed by atoms with Gasteiger partial charge in [-0.15, -0.1) is 0 Å². The van der Waals surface area contributed by atoms with Gasteiger partial charge in [-0.1, -0.05) is 29.8 Å². The third-order valence-corrected chi connectivity index (χ3v) is 4.27. The van der Waals surface area contributed by atoms with Crippen molar-refractivity contribution < 1.29 is 18.7 Å². The van der Waals surface area contributed by atoms with E-state index in [0.29, 0.717) is 33.2 Å². The summed E-state index contributed by atoms with van der Waals surface area (Å²) in [6.45, 7) is 0.0770. The first-order chi connectivity index (χ1) is 14.1. The number of rotatable bonds is 7. The molecule has 0 heterocycles. The zero-order chi connectivity index (χ0) is 20.6. The second-order valence-electron chi connectivity index (χ2n) is 6.00. The molecule has 3 aromatic carbocycles. The van der Waals surface area contributed by atoms with Crippen LogP contribution in [0.3, 0.4) is 0 Å². The average molecular weight is 413 g/mol. The Morgan fingerprint density at radius 2 is 1.86 bits per heavy atom. The van der Waals surface area contributed by atoms with Crippen molar-refractivity contribution in [3.8, 4) is 11.5 Å². The Labute approximate surface area is 172 Å². The van der Waals surface area contributed by atoms with Crippen molar-refractivity contribution in [1.29, 1.82) is 0 Å². The summed E-state index contributed by atoms with van der Waals surface area (Å²) < 4.78 is 24.7.